The van der Waals surface area contributed by atoms with Gasteiger partial charge in [-0.05, 0) is 36.5 Å². The maximum absolute atomic E-state index is 12.5. The minimum atomic E-state index is -0.456. The molecule has 1 unspecified atom stereocenters. The van der Waals surface area contributed by atoms with Crippen molar-refractivity contribution in [3.63, 3.8) is 0 Å². The minimum absolute atomic E-state index is 0.0235. The summed E-state index contributed by atoms with van der Waals surface area (Å²) in [6, 6.07) is 5.26. The van der Waals surface area contributed by atoms with E-state index < -0.39 is 6.04 Å². The molecule has 1 fully saturated rings. The molecular formula is C16H22N2O4. The van der Waals surface area contributed by atoms with Gasteiger partial charge in [-0.25, -0.2) is 0 Å². The Labute approximate surface area is 130 Å². The molecule has 2 aliphatic rings. The van der Waals surface area contributed by atoms with Crippen LogP contribution in [-0.4, -0.2) is 43.9 Å². The van der Waals surface area contributed by atoms with E-state index in [1.807, 2.05) is 18.2 Å². The molecule has 6 heteroatoms. The van der Waals surface area contributed by atoms with Crippen LogP contribution in [0.15, 0.2) is 18.2 Å². The number of fused-ring (bicyclic) bond motifs is 1. The molecule has 1 amide bonds. The highest BCUT2D eigenvalue weighted by Crippen LogP contribution is 2.32. The lowest BCUT2D eigenvalue weighted by Crippen LogP contribution is -2.47. The van der Waals surface area contributed by atoms with Crippen LogP contribution in [0, 0.1) is 5.92 Å². The van der Waals surface area contributed by atoms with Crippen LogP contribution in [0.25, 0.3) is 0 Å². The summed E-state index contributed by atoms with van der Waals surface area (Å²) in [6.07, 6.45) is 1.70. The number of amides is 1. The van der Waals surface area contributed by atoms with Crippen molar-refractivity contribution in [2.75, 3.05) is 27.1 Å². The Morgan fingerprint density at radius 1 is 1.32 bits per heavy atom. The number of carbonyl (C=O) groups excluding carboxylic acids is 1. The van der Waals surface area contributed by atoms with Gasteiger partial charge in [-0.3, -0.25) is 4.79 Å². The molecule has 0 radical (unpaired) electrons. The fourth-order valence-electron chi connectivity index (χ4n) is 2.92. The Hall–Kier alpha value is -1.79. The third-order valence-electron chi connectivity index (χ3n) is 4.29. The predicted octanol–water partition coefficient (Wildman–Crippen LogP) is 1.13. The number of carbonyl (C=O) groups is 1. The first-order valence-electron chi connectivity index (χ1n) is 7.62. The second-order valence-electron chi connectivity index (χ2n) is 5.86. The highest BCUT2D eigenvalue weighted by molar-refractivity contribution is 5.81. The molecule has 1 aromatic carbocycles. The van der Waals surface area contributed by atoms with E-state index in [-0.39, 0.29) is 18.6 Å². The largest absolute Gasteiger partial charge is 0.454 e. The Balaban J connectivity index is 1.60. The van der Waals surface area contributed by atoms with E-state index in [1.54, 1.807) is 11.9 Å². The highest BCUT2D eigenvalue weighted by Gasteiger charge is 2.28. The summed E-state index contributed by atoms with van der Waals surface area (Å²) in [7, 11) is 1.78. The molecule has 0 aliphatic carbocycles. The van der Waals surface area contributed by atoms with Crippen LogP contribution in [0.4, 0.5) is 0 Å². The molecule has 22 heavy (non-hydrogen) atoms. The maximum atomic E-state index is 12.5. The Bertz CT molecular complexity index is 543. The monoisotopic (exact) mass is 306 g/mol. The van der Waals surface area contributed by atoms with Gasteiger partial charge in [-0.15, -0.1) is 0 Å². The van der Waals surface area contributed by atoms with E-state index in [0.29, 0.717) is 19.8 Å². The second kappa shape index (κ2) is 6.54. The first-order valence-corrected chi connectivity index (χ1v) is 7.62. The van der Waals surface area contributed by atoms with Gasteiger partial charge in [-0.2, -0.15) is 0 Å². The lowest BCUT2D eigenvalue weighted by atomic mass is 9.91. The fraction of sp³-hybridized carbons (Fsp3) is 0.562. The van der Waals surface area contributed by atoms with E-state index in [2.05, 4.69) is 0 Å². The summed E-state index contributed by atoms with van der Waals surface area (Å²) >= 11 is 0. The topological polar surface area (TPSA) is 74.0 Å². The molecule has 2 N–H and O–H groups in total. The van der Waals surface area contributed by atoms with Crippen molar-refractivity contribution in [3.8, 4) is 11.5 Å². The summed E-state index contributed by atoms with van der Waals surface area (Å²) in [5, 5.41) is 0. The Kier molecular flexibility index (Phi) is 4.49. The van der Waals surface area contributed by atoms with Crippen LogP contribution in [-0.2, 0) is 16.1 Å². The van der Waals surface area contributed by atoms with Gasteiger partial charge in [0.25, 0.3) is 0 Å². The number of benzene rings is 1. The van der Waals surface area contributed by atoms with Crippen LogP contribution < -0.4 is 15.2 Å². The molecular weight excluding hydrogens is 284 g/mol. The van der Waals surface area contributed by atoms with Crippen molar-refractivity contribution < 1.29 is 19.0 Å². The van der Waals surface area contributed by atoms with Crippen LogP contribution in [0.3, 0.4) is 0 Å². The van der Waals surface area contributed by atoms with Crippen molar-refractivity contribution in [1.82, 2.24) is 4.90 Å². The van der Waals surface area contributed by atoms with Gasteiger partial charge in [0.05, 0.1) is 6.04 Å². The summed E-state index contributed by atoms with van der Waals surface area (Å²) in [5.74, 6) is 1.66. The van der Waals surface area contributed by atoms with E-state index in [0.717, 1.165) is 29.9 Å². The lowest BCUT2D eigenvalue weighted by molar-refractivity contribution is -0.133. The van der Waals surface area contributed by atoms with E-state index in [4.69, 9.17) is 19.9 Å². The van der Waals surface area contributed by atoms with Crippen molar-refractivity contribution in [1.29, 1.82) is 0 Å². The van der Waals surface area contributed by atoms with Crippen LogP contribution in [0.5, 0.6) is 11.5 Å². The SMILES string of the molecule is CN(Cc1ccc2c(c1)OCO2)C(=O)C(N)C1CCOCC1. The molecule has 120 valence electrons. The molecule has 0 bridgehead atoms. The number of hydrogen-bond donors (Lipinski definition) is 1. The highest BCUT2D eigenvalue weighted by atomic mass is 16.7. The number of likely N-dealkylation sites (N-methyl/N-ethyl adjacent to an activating group) is 1. The minimum Gasteiger partial charge on any atom is -0.454 e. The van der Waals surface area contributed by atoms with Gasteiger partial charge in [-0.1, -0.05) is 6.07 Å². The van der Waals surface area contributed by atoms with Crippen LogP contribution >= 0.6 is 0 Å². The number of nitrogens with two attached hydrogens (primary N) is 1. The summed E-state index contributed by atoms with van der Waals surface area (Å²) < 4.78 is 16.0. The summed E-state index contributed by atoms with van der Waals surface area (Å²) in [5.41, 5.74) is 7.14. The van der Waals surface area contributed by atoms with E-state index >= 15 is 0 Å². The van der Waals surface area contributed by atoms with E-state index in [1.165, 1.54) is 0 Å². The number of nitrogens with zero attached hydrogens (tertiary/aromatic N) is 1. The molecule has 1 saturated heterocycles. The average molecular weight is 306 g/mol. The molecule has 1 atom stereocenters. The Morgan fingerprint density at radius 3 is 2.82 bits per heavy atom. The molecule has 6 nitrogen and oxygen atoms in total. The molecule has 2 aliphatic heterocycles. The second-order valence-corrected chi connectivity index (χ2v) is 5.86. The zero-order valence-corrected chi connectivity index (χ0v) is 12.8. The standard InChI is InChI=1S/C16H22N2O4/c1-18(16(19)15(17)12-4-6-20-7-5-12)9-11-2-3-13-14(8-11)22-10-21-13/h2-3,8,12,15H,4-7,9-10,17H2,1H3. The Morgan fingerprint density at radius 2 is 2.05 bits per heavy atom. The zero-order valence-electron chi connectivity index (χ0n) is 12.8. The smallest absolute Gasteiger partial charge is 0.239 e. The van der Waals surface area contributed by atoms with Crippen molar-refractivity contribution in [2.45, 2.75) is 25.4 Å². The maximum Gasteiger partial charge on any atom is 0.239 e. The third kappa shape index (κ3) is 3.18. The normalized spacial score (nSPS) is 19.0. The molecule has 0 aromatic heterocycles. The quantitative estimate of drug-likeness (QED) is 0.902. The van der Waals surface area contributed by atoms with Crippen LogP contribution in [0.1, 0.15) is 18.4 Å². The first kappa shape index (κ1) is 15.1. The van der Waals surface area contributed by atoms with Crippen LogP contribution in [0.2, 0.25) is 0 Å². The summed E-state index contributed by atoms with van der Waals surface area (Å²) in [4.78, 5) is 14.2. The molecule has 0 saturated carbocycles. The van der Waals surface area contributed by atoms with Gasteiger partial charge in [0.2, 0.25) is 12.7 Å². The lowest BCUT2D eigenvalue weighted by Gasteiger charge is -2.29. The van der Waals surface area contributed by atoms with Gasteiger partial charge in [0.15, 0.2) is 11.5 Å². The van der Waals surface area contributed by atoms with Gasteiger partial charge >= 0.3 is 0 Å². The average Bonchev–Trinajstić information content (AvgIpc) is 3.02. The zero-order chi connectivity index (χ0) is 15.5. The van der Waals surface area contributed by atoms with E-state index in [9.17, 15) is 4.79 Å². The van der Waals surface area contributed by atoms with Crippen molar-refractivity contribution in [3.05, 3.63) is 23.8 Å². The van der Waals surface area contributed by atoms with Crippen molar-refractivity contribution in [2.24, 2.45) is 11.7 Å². The third-order valence-corrected chi connectivity index (χ3v) is 4.29. The predicted molar refractivity (Wildman–Crippen MR) is 80.6 cm³/mol. The molecule has 1 aromatic rings. The van der Waals surface area contributed by atoms with Gasteiger partial charge < -0.3 is 24.8 Å². The van der Waals surface area contributed by atoms with Crippen molar-refractivity contribution >= 4 is 5.91 Å². The number of rotatable bonds is 4. The van der Waals surface area contributed by atoms with Gasteiger partial charge in [0, 0.05) is 26.8 Å². The number of hydrogen-bond acceptors (Lipinski definition) is 5. The summed E-state index contributed by atoms with van der Waals surface area (Å²) in [6.45, 7) is 2.14. The first-order chi connectivity index (χ1) is 10.6. The number of ether oxygens (including phenoxy) is 3. The molecule has 0 spiro atoms. The molecule has 3 rings (SSSR count). The molecule has 2 heterocycles. The fourth-order valence-corrected chi connectivity index (χ4v) is 2.92. The van der Waals surface area contributed by atoms with Gasteiger partial charge in [0.1, 0.15) is 0 Å².